The molecule has 1 atom stereocenters. The molecule has 0 spiro atoms. The van der Waals surface area contributed by atoms with E-state index in [2.05, 4.69) is 21.1 Å². The predicted molar refractivity (Wildman–Crippen MR) is 93.2 cm³/mol. The first kappa shape index (κ1) is 17.7. The van der Waals surface area contributed by atoms with E-state index in [1.165, 1.54) is 7.11 Å². The average Bonchev–Trinajstić information content (AvgIpc) is 3.00. The SMILES string of the molecule is CCC(C(=O)OC)(c1cc(-c2ccc(Br)c(C)c2)no1)C(C)C. The van der Waals surface area contributed by atoms with Crippen LogP contribution in [0.2, 0.25) is 0 Å². The minimum atomic E-state index is -0.815. The first-order valence-electron chi connectivity index (χ1n) is 7.69. The second-order valence-electron chi connectivity index (χ2n) is 6.01. The summed E-state index contributed by atoms with van der Waals surface area (Å²) in [5.41, 5.74) is 1.98. The summed E-state index contributed by atoms with van der Waals surface area (Å²) in [6.07, 6.45) is 0.589. The van der Waals surface area contributed by atoms with Crippen molar-refractivity contribution in [2.45, 2.75) is 39.5 Å². The number of aromatic nitrogens is 1. The van der Waals surface area contributed by atoms with Crippen LogP contribution in [0.25, 0.3) is 11.3 Å². The highest BCUT2D eigenvalue weighted by atomic mass is 79.9. The van der Waals surface area contributed by atoms with Crippen LogP contribution in [-0.2, 0) is 14.9 Å². The summed E-state index contributed by atoms with van der Waals surface area (Å²) in [5.74, 6) is 0.300. The second-order valence-corrected chi connectivity index (χ2v) is 6.87. The average molecular weight is 380 g/mol. The summed E-state index contributed by atoms with van der Waals surface area (Å²) < 4.78 is 11.7. The quantitative estimate of drug-likeness (QED) is 0.693. The molecule has 0 radical (unpaired) electrons. The summed E-state index contributed by atoms with van der Waals surface area (Å²) in [6.45, 7) is 7.97. The number of methoxy groups -OCH3 is 1. The number of ether oxygens (including phenoxy) is 1. The highest BCUT2D eigenvalue weighted by Gasteiger charge is 2.46. The lowest BCUT2D eigenvalue weighted by molar-refractivity contribution is -0.150. The molecule has 5 heteroatoms. The maximum atomic E-state index is 12.4. The number of aryl methyl sites for hydroxylation is 1. The second kappa shape index (κ2) is 6.87. The Bertz CT molecular complexity index is 708. The fourth-order valence-electron chi connectivity index (χ4n) is 2.96. The van der Waals surface area contributed by atoms with Gasteiger partial charge in [-0.2, -0.15) is 0 Å². The van der Waals surface area contributed by atoms with Gasteiger partial charge in [0.15, 0.2) is 5.76 Å². The Labute approximate surface area is 145 Å². The minimum absolute atomic E-state index is 0.0346. The van der Waals surface area contributed by atoms with Crippen molar-refractivity contribution in [3.05, 3.63) is 40.1 Å². The molecule has 0 aliphatic carbocycles. The number of benzene rings is 1. The van der Waals surface area contributed by atoms with Crippen LogP contribution in [0.4, 0.5) is 0 Å². The lowest BCUT2D eigenvalue weighted by Gasteiger charge is -2.30. The van der Waals surface area contributed by atoms with Gasteiger partial charge in [0.25, 0.3) is 0 Å². The highest BCUT2D eigenvalue weighted by Crippen LogP contribution is 2.39. The van der Waals surface area contributed by atoms with Crippen molar-refractivity contribution < 1.29 is 14.1 Å². The zero-order valence-electron chi connectivity index (χ0n) is 14.1. The largest absolute Gasteiger partial charge is 0.468 e. The Balaban J connectivity index is 2.50. The number of hydrogen-bond acceptors (Lipinski definition) is 4. The van der Waals surface area contributed by atoms with E-state index in [9.17, 15) is 4.79 Å². The molecular formula is C18H22BrNO3. The monoisotopic (exact) mass is 379 g/mol. The predicted octanol–water partition coefficient (Wildman–Crippen LogP) is 4.89. The van der Waals surface area contributed by atoms with Crippen LogP contribution in [0.1, 0.15) is 38.5 Å². The molecule has 23 heavy (non-hydrogen) atoms. The molecule has 1 heterocycles. The Kier molecular flexibility index (Phi) is 5.30. The molecule has 124 valence electrons. The molecule has 0 aliphatic heterocycles. The fraction of sp³-hybridized carbons (Fsp3) is 0.444. The molecule has 0 saturated carbocycles. The van der Waals surface area contributed by atoms with Gasteiger partial charge in [0.2, 0.25) is 0 Å². The van der Waals surface area contributed by atoms with E-state index in [-0.39, 0.29) is 11.9 Å². The molecule has 0 amide bonds. The van der Waals surface area contributed by atoms with Gasteiger partial charge in [-0.25, -0.2) is 0 Å². The van der Waals surface area contributed by atoms with Gasteiger partial charge in [-0.05, 0) is 37.0 Å². The van der Waals surface area contributed by atoms with E-state index in [0.29, 0.717) is 12.2 Å². The lowest BCUT2D eigenvalue weighted by atomic mass is 9.73. The van der Waals surface area contributed by atoms with Crippen LogP contribution >= 0.6 is 15.9 Å². The van der Waals surface area contributed by atoms with Gasteiger partial charge in [-0.15, -0.1) is 0 Å². The fourth-order valence-corrected chi connectivity index (χ4v) is 3.20. The summed E-state index contributed by atoms with van der Waals surface area (Å²) in [5, 5.41) is 4.17. The summed E-state index contributed by atoms with van der Waals surface area (Å²) in [7, 11) is 1.41. The number of rotatable bonds is 5. The molecule has 0 N–H and O–H groups in total. The Hall–Kier alpha value is -1.62. The van der Waals surface area contributed by atoms with Crippen molar-refractivity contribution >= 4 is 21.9 Å². The topological polar surface area (TPSA) is 52.3 Å². The number of carbonyl (C=O) groups excluding carboxylic acids is 1. The molecule has 1 unspecified atom stereocenters. The van der Waals surface area contributed by atoms with Crippen molar-refractivity contribution in [1.82, 2.24) is 5.16 Å². The van der Waals surface area contributed by atoms with E-state index in [0.717, 1.165) is 21.3 Å². The van der Waals surface area contributed by atoms with Crippen LogP contribution in [-0.4, -0.2) is 18.2 Å². The first-order valence-corrected chi connectivity index (χ1v) is 8.48. The molecule has 0 bridgehead atoms. The van der Waals surface area contributed by atoms with E-state index < -0.39 is 5.41 Å². The third-order valence-electron chi connectivity index (χ3n) is 4.50. The zero-order valence-corrected chi connectivity index (χ0v) is 15.7. The van der Waals surface area contributed by atoms with Crippen molar-refractivity contribution in [1.29, 1.82) is 0 Å². The van der Waals surface area contributed by atoms with Crippen LogP contribution in [0.5, 0.6) is 0 Å². The summed E-state index contributed by atoms with van der Waals surface area (Å²) >= 11 is 3.49. The van der Waals surface area contributed by atoms with E-state index in [4.69, 9.17) is 9.26 Å². The number of halogens is 1. The van der Waals surface area contributed by atoms with Gasteiger partial charge in [0.1, 0.15) is 11.1 Å². The summed E-state index contributed by atoms with van der Waals surface area (Å²) in [4.78, 5) is 12.4. The molecule has 0 aliphatic rings. The maximum absolute atomic E-state index is 12.4. The van der Waals surface area contributed by atoms with Gasteiger partial charge in [-0.3, -0.25) is 4.79 Å². The molecule has 0 saturated heterocycles. The van der Waals surface area contributed by atoms with Crippen LogP contribution in [0, 0.1) is 12.8 Å². The van der Waals surface area contributed by atoms with Gasteiger partial charge in [0.05, 0.1) is 7.11 Å². The molecule has 1 aromatic heterocycles. The van der Waals surface area contributed by atoms with Crippen LogP contribution in [0.15, 0.2) is 33.3 Å². The number of hydrogen-bond donors (Lipinski definition) is 0. The Morgan fingerprint density at radius 3 is 2.61 bits per heavy atom. The first-order chi connectivity index (χ1) is 10.9. The standard InChI is InChI=1S/C18H22BrNO3/c1-6-18(11(2)3,17(21)22-5)16-10-15(20-23-16)13-7-8-14(19)12(4)9-13/h7-11H,6H2,1-5H3. The molecular weight excluding hydrogens is 358 g/mol. The van der Waals surface area contributed by atoms with Crippen molar-refractivity contribution in [3.8, 4) is 11.3 Å². The van der Waals surface area contributed by atoms with Crippen molar-refractivity contribution in [2.75, 3.05) is 7.11 Å². The smallest absolute Gasteiger partial charge is 0.319 e. The normalized spacial score (nSPS) is 13.9. The van der Waals surface area contributed by atoms with Gasteiger partial charge in [0, 0.05) is 16.1 Å². The van der Waals surface area contributed by atoms with Gasteiger partial charge >= 0.3 is 5.97 Å². The highest BCUT2D eigenvalue weighted by molar-refractivity contribution is 9.10. The Morgan fingerprint density at radius 2 is 2.09 bits per heavy atom. The molecule has 2 rings (SSSR count). The molecule has 2 aromatic rings. The molecule has 0 fully saturated rings. The molecule has 4 nitrogen and oxygen atoms in total. The zero-order chi connectivity index (χ0) is 17.2. The van der Waals surface area contributed by atoms with Crippen LogP contribution in [0.3, 0.4) is 0 Å². The minimum Gasteiger partial charge on any atom is -0.468 e. The third-order valence-corrected chi connectivity index (χ3v) is 5.39. The van der Waals surface area contributed by atoms with Crippen LogP contribution < -0.4 is 0 Å². The number of esters is 1. The van der Waals surface area contributed by atoms with Crippen molar-refractivity contribution in [2.24, 2.45) is 5.92 Å². The Morgan fingerprint density at radius 1 is 1.39 bits per heavy atom. The van der Waals surface area contributed by atoms with E-state index in [1.807, 2.05) is 52.0 Å². The van der Waals surface area contributed by atoms with E-state index >= 15 is 0 Å². The molecule has 1 aromatic carbocycles. The van der Waals surface area contributed by atoms with E-state index in [1.54, 1.807) is 0 Å². The maximum Gasteiger partial charge on any atom is 0.319 e. The van der Waals surface area contributed by atoms with Gasteiger partial charge in [-0.1, -0.05) is 47.9 Å². The third kappa shape index (κ3) is 3.07. The van der Waals surface area contributed by atoms with Gasteiger partial charge < -0.3 is 9.26 Å². The lowest BCUT2D eigenvalue weighted by Crippen LogP contribution is -2.41. The van der Waals surface area contributed by atoms with Crippen molar-refractivity contribution in [3.63, 3.8) is 0 Å². The number of carbonyl (C=O) groups is 1. The number of nitrogens with zero attached hydrogens (tertiary/aromatic N) is 1. The summed E-state index contributed by atoms with van der Waals surface area (Å²) in [6, 6.07) is 7.84.